The molecule has 3 rings (SSSR count). The van der Waals surface area contributed by atoms with Crippen LogP contribution in [-0.4, -0.2) is 40.0 Å². The summed E-state index contributed by atoms with van der Waals surface area (Å²) in [7, 11) is 0. The van der Waals surface area contributed by atoms with Gasteiger partial charge in [0.1, 0.15) is 5.82 Å². The largest absolute Gasteiger partial charge is 0.350 e. The van der Waals surface area contributed by atoms with Gasteiger partial charge in [0.05, 0.1) is 10.5 Å². The minimum Gasteiger partial charge on any atom is -0.350 e. The molecule has 27 heavy (non-hydrogen) atoms. The number of hydrogen-bond donors (Lipinski definition) is 2. The van der Waals surface area contributed by atoms with Crippen LogP contribution < -0.4 is 10.9 Å². The number of aromatic nitrogens is 1. The molecule has 7 nitrogen and oxygen atoms in total. The van der Waals surface area contributed by atoms with Crippen molar-refractivity contribution in [2.45, 2.75) is 0 Å². The van der Waals surface area contributed by atoms with Gasteiger partial charge in [0, 0.05) is 25.4 Å². The fourth-order valence-electron chi connectivity index (χ4n) is 2.34. The Kier molecular flexibility index (Phi) is 5.51. The van der Waals surface area contributed by atoms with Gasteiger partial charge in [-0.1, -0.05) is 12.1 Å². The fraction of sp³-hybridized carbons (Fsp3) is 0.111. The molecule has 1 aliphatic rings. The van der Waals surface area contributed by atoms with Crippen LogP contribution in [0, 0.1) is 5.82 Å². The predicted molar refractivity (Wildman–Crippen MR) is 98.5 cm³/mol. The van der Waals surface area contributed by atoms with Crippen molar-refractivity contribution in [3.05, 3.63) is 74.8 Å². The van der Waals surface area contributed by atoms with Gasteiger partial charge in [0.15, 0.2) is 0 Å². The Morgan fingerprint density at radius 1 is 1.15 bits per heavy atom. The first-order valence-electron chi connectivity index (χ1n) is 7.92. The van der Waals surface area contributed by atoms with E-state index in [4.69, 9.17) is 0 Å². The number of halogens is 1. The van der Waals surface area contributed by atoms with Gasteiger partial charge in [0.2, 0.25) is 5.56 Å². The van der Waals surface area contributed by atoms with Crippen LogP contribution in [0.5, 0.6) is 0 Å². The van der Waals surface area contributed by atoms with Crippen LogP contribution in [0.2, 0.25) is 0 Å². The lowest BCUT2D eigenvalue weighted by atomic mass is 10.2. The maximum atomic E-state index is 12.9. The second-order valence-corrected chi connectivity index (χ2v) is 6.58. The first-order valence-corrected chi connectivity index (χ1v) is 8.73. The summed E-state index contributed by atoms with van der Waals surface area (Å²) < 4.78 is 12.9. The van der Waals surface area contributed by atoms with Gasteiger partial charge in [-0.05, 0) is 41.6 Å². The van der Waals surface area contributed by atoms with Gasteiger partial charge >= 0.3 is 0 Å². The van der Waals surface area contributed by atoms with Crippen LogP contribution in [0.15, 0.2) is 52.3 Å². The lowest BCUT2D eigenvalue weighted by Gasteiger charge is -2.12. The van der Waals surface area contributed by atoms with Crippen molar-refractivity contribution < 1.29 is 18.8 Å². The van der Waals surface area contributed by atoms with Crippen molar-refractivity contribution in [2.75, 3.05) is 13.1 Å². The normalized spacial score (nSPS) is 15.4. The van der Waals surface area contributed by atoms with Gasteiger partial charge < -0.3 is 10.3 Å². The molecule has 2 heterocycles. The molecule has 0 spiro atoms. The maximum Gasteiger partial charge on any atom is 0.293 e. The topological polar surface area (TPSA) is 99.3 Å². The molecule has 0 saturated carbocycles. The summed E-state index contributed by atoms with van der Waals surface area (Å²) >= 11 is 0.790. The number of carbonyl (C=O) groups excluding carboxylic acids is 3. The highest BCUT2D eigenvalue weighted by atomic mass is 32.2. The van der Waals surface area contributed by atoms with E-state index in [-0.39, 0.29) is 29.1 Å². The van der Waals surface area contributed by atoms with E-state index in [0.717, 1.165) is 16.7 Å². The molecule has 0 bridgehead atoms. The maximum absolute atomic E-state index is 12.9. The molecule has 0 unspecified atom stereocenters. The Bertz CT molecular complexity index is 964. The summed E-state index contributed by atoms with van der Waals surface area (Å²) in [5, 5.41) is 2.14. The second kappa shape index (κ2) is 8.00. The number of carbonyl (C=O) groups is 3. The summed E-state index contributed by atoms with van der Waals surface area (Å²) in [6, 6.07) is 8.15. The molecular weight excluding hydrogens is 373 g/mol. The van der Waals surface area contributed by atoms with Crippen LogP contribution in [0.3, 0.4) is 0 Å². The molecule has 1 fully saturated rings. The Morgan fingerprint density at radius 2 is 1.89 bits per heavy atom. The summed E-state index contributed by atoms with van der Waals surface area (Å²) in [6.45, 7) is 0.0837. The van der Waals surface area contributed by atoms with Crippen LogP contribution in [0.25, 0.3) is 6.08 Å². The zero-order chi connectivity index (χ0) is 19.4. The van der Waals surface area contributed by atoms with E-state index >= 15 is 0 Å². The first-order chi connectivity index (χ1) is 12.9. The Hall–Kier alpha value is -3.20. The Labute approximate surface area is 157 Å². The van der Waals surface area contributed by atoms with Crippen molar-refractivity contribution in [2.24, 2.45) is 0 Å². The Morgan fingerprint density at radius 3 is 2.56 bits per heavy atom. The molecule has 1 saturated heterocycles. The summed E-state index contributed by atoms with van der Waals surface area (Å²) in [5.74, 6) is -1.29. The van der Waals surface area contributed by atoms with Gasteiger partial charge in [-0.15, -0.1) is 0 Å². The average Bonchev–Trinajstić information content (AvgIpc) is 2.91. The molecule has 0 atom stereocenters. The summed E-state index contributed by atoms with van der Waals surface area (Å²) in [4.78, 5) is 51.0. The smallest absolute Gasteiger partial charge is 0.293 e. The highest BCUT2D eigenvalue weighted by Crippen LogP contribution is 2.31. The molecule has 1 aromatic heterocycles. The van der Waals surface area contributed by atoms with Gasteiger partial charge in [-0.25, -0.2) is 4.39 Å². The van der Waals surface area contributed by atoms with Crippen molar-refractivity contribution in [1.29, 1.82) is 0 Å². The molecule has 0 aliphatic carbocycles. The number of H-pyrrole nitrogens is 1. The van der Waals surface area contributed by atoms with E-state index < -0.39 is 22.9 Å². The highest BCUT2D eigenvalue weighted by Gasteiger charge is 2.34. The minimum absolute atomic E-state index is 0.0144. The van der Waals surface area contributed by atoms with Crippen molar-refractivity contribution >= 4 is 34.9 Å². The molecule has 138 valence electrons. The number of rotatable bonds is 5. The molecule has 1 aliphatic heterocycles. The number of thioether (sulfide) groups is 1. The number of amides is 3. The SMILES string of the molecule is O=C(NCCN1C(=O)S/C(=C\c2ccc(F)cc2)C1=O)c1ccc(=O)[nH]c1. The standard InChI is InChI=1S/C18H14FN3O4S/c19-13-4-1-11(2-5-13)9-14-17(25)22(18(26)27-14)8-7-20-16(24)12-3-6-15(23)21-10-12/h1-6,9-10H,7-8H2,(H,20,24)(H,21,23)/b14-9-. The quantitative estimate of drug-likeness (QED) is 0.765. The van der Waals surface area contributed by atoms with Gasteiger partial charge in [0.25, 0.3) is 17.1 Å². The van der Waals surface area contributed by atoms with Crippen molar-refractivity contribution in [3.63, 3.8) is 0 Å². The number of pyridine rings is 1. The summed E-state index contributed by atoms with van der Waals surface area (Å²) in [5.41, 5.74) is 0.547. The van der Waals surface area contributed by atoms with Crippen molar-refractivity contribution in [3.8, 4) is 0 Å². The second-order valence-electron chi connectivity index (χ2n) is 5.58. The molecule has 1 aromatic carbocycles. The number of imide groups is 1. The molecule has 9 heteroatoms. The zero-order valence-electron chi connectivity index (χ0n) is 13.9. The van der Waals surface area contributed by atoms with E-state index in [1.54, 1.807) is 0 Å². The number of nitrogens with zero attached hydrogens (tertiary/aromatic N) is 1. The van der Waals surface area contributed by atoms with E-state index in [0.29, 0.717) is 5.56 Å². The number of aromatic amines is 1. The fourth-order valence-corrected chi connectivity index (χ4v) is 3.20. The minimum atomic E-state index is -0.465. The molecular formula is C18H14FN3O4S. The van der Waals surface area contributed by atoms with Crippen LogP contribution in [-0.2, 0) is 4.79 Å². The van der Waals surface area contributed by atoms with E-state index in [9.17, 15) is 23.6 Å². The van der Waals surface area contributed by atoms with E-state index in [1.807, 2.05) is 0 Å². The number of hydrogen-bond acceptors (Lipinski definition) is 5. The van der Waals surface area contributed by atoms with Gasteiger partial charge in [-0.2, -0.15) is 0 Å². The van der Waals surface area contributed by atoms with Crippen LogP contribution in [0.4, 0.5) is 9.18 Å². The van der Waals surface area contributed by atoms with E-state index in [1.165, 1.54) is 48.7 Å². The lowest BCUT2D eigenvalue weighted by Crippen LogP contribution is -2.37. The van der Waals surface area contributed by atoms with Crippen molar-refractivity contribution in [1.82, 2.24) is 15.2 Å². The first kappa shape index (κ1) is 18.6. The predicted octanol–water partition coefficient (Wildman–Crippen LogP) is 1.98. The van der Waals surface area contributed by atoms with Gasteiger partial charge in [-0.3, -0.25) is 24.1 Å². The van der Waals surface area contributed by atoms with Crippen LogP contribution in [0.1, 0.15) is 15.9 Å². The monoisotopic (exact) mass is 387 g/mol. The highest BCUT2D eigenvalue weighted by molar-refractivity contribution is 8.18. The third-order valence-electron chi connectivity index (χ3n) is 3.71. The molecule has 2 aromatic rings. The molecule has 3 amide bonds. The summed E-state index contributed by atoms with van der Waals surface area (Å²) in [6.07, 6.45) is 2.80. The Balaban J connectivity index is 1.59. The third-order valence-corrected chi connectivity index (χ3v) is 4.62. The zero-order valence-corrected chi connectivity index (χ0v) is 14.7. The van der Waals surface area contributed by atoms with E-state index in [2.05, 4.69) is 10.3 Å². The lowest BCUT2D eigenvalue weighted by molar-refractivity contribution is -0.122. The van der Waals surface area contributed by atoms with Crippen LogP contribution >= 0.6 is 11.8 Å². The average molecular weight is 387 g/mol. The number of nitrogens with one attached hydrogen (secondary N) is 2. The number of benzene rings is 1. The third kappa shape index (κ3) is 4.50. The molecule has 0 radical (unpaired) electrons. The molecule has 2 N–H and O–H groups in total.